The third-order valence-corrected chi connectivity index (χ3v) is 3.91. The molecule has 22 heavy (non-hydrogen) atoms. The molecular weight excluding hydrogens is 323 g/mol. The van der Waals surface area contributed by atoms with Crippen LogP contribution in [0, 0.1) is 13.8 Å². The highest BCUT2D eigenvalue weighted by molar-refractivity contribution is 6.42. The molecule has 0 aliphatic rings. The summed E-state index contributed by atoms with van der Waals surface area (Å²) in [6, 6.07) is 9.91. The van der Waals surface area contributed by atoms with Crippen molar-refractivity contribution >= 4 is 35.0 Å². The van der Waals surface area contributed by atoms with Gasteiger partial charge >= 0.3 is 5.97 Å². The fourth-order valence-electron chi connectivity index (χ4n) is 2.04. The Kier molecular flexibility index (Phi) is 5.22. The van der Waals surface area contributed by atoms with Crippen LogP contribution in [-0.2, 0) is 4.74 Å². The third-order valence-electron chi connectivity index (χ3n) is 3.17. The first-order valence-electron chi connectivity index (χ1n) is 6.61. The number of carbonyl (C=O) groups is 2. The minimum absolute atomic E-state index is 0.245. The van der Waals surface area contributed by atoms with Crippen molar-refractivity contribution in [2.75, 3.05) is 6.61 Å². The molecule has 0 aliphatic carbocycles. The zero-order chi connectivity index (χ0) is 16.3. The van der Waals surface area contributed by atoms with Gasteiger partial charge in [0.1, 0.15) is 0 Å². The number of Topliss-reactive ketones (excluding diaryl/α,β-unsaturated/α-hetero) is 1. The lowest BCUT2D eigenvalue weighted by Gasteiger charge is -2.08. The standard InChI is InChI=1S/C17H14Cl2O3/c1-10-3-5-13(11(2)7-10)16(20)9-22-17(21)12-4-6-14(18)15(19)8-12/h3-8H,9H2,1-2H3. The number of carbonyl (C=O) groups excluding carboxylic acids is 2. The van der Waals surface area contributed by atoms with Crippen LogP contribution in [0.5, 0.6) is 0 Å². The summed E-state index contributed by atoms with van der Waals surface area (Å²) < 4.78 is 5.03. The number of hydrogen-bond donors (Lipinski definition) is 0. The smallest absolute Gasteiger partial charge is 0.338 e. The van der Waals surface area contributed by atoms with E-state index in [0.29, 0.717) is 10.6 Å². The monoisotopic (exact) mass is 336 g/mol. The highest BCUT2D eigenvalue weighted by atomic mass is 35.5. The van der Waals surface area contributed by atoms with Gasteiger partial charge in [0.05, 0.1) is 15.6 Å². The van der Waals surface area contributed by atoms with Gasteiger partial charge < -0.3 is 4.74 Å². The molecule has 5 heteroatoms. The summed E-state index contributed by atoms with van der Waals surface area (Å²) >= 11 is 11.6. The lowest BCUT2D eigenvalue weighted by molar-refractivity contribution is 0.0474. The highest BCUT2D eigenvalue weighted by Gasteiger charge is 2.14. The van der Waals surface area contributed by atoms with Gasteiger partial charge in [-0.1, -0.05) is 47.0 Å². The second kappa shape index (κ2) is 6.95. The van der Waals surface area contributed by atoms with Crippen LogP contribution in [0.4, 0.5) is 0 Å². The average Bonchev–Trinajstić information content (AvgIpc) is 2.47. The summed E-state index contributed by atoms with van der Waals surface area (Å²) in [6.45, 7) is 3.48. The van der Waals surface area contributed by atoms with E-state index in [4.69, 9.17) is 27.9 Å². The van der Waals surface area contributed by atoms with E-state index in [1.165, 1.54) is 18.2 Å². The van der Waals surface area contributed by atoms with Crippen molar-refractivity contribution in [3.8, 4) is 0 Å². The van der Waals surface area contributed by atoms with Crippen LogP contribution in [0.2, 0.25) is 10.0 Å². The van der Waals surface area contributed by atoms with Gasteiger partial charge in [-0.3, -0.25) is 4.79 Å². The highest BCUT2D eigenvalue weighted by Crippen LogP contribution is 2.23. The van der Waals surface area contributed by atoms with Crippen LogP contribution in [0.15, 0.2) is 36.4 Å². The largest absolute Gasteiger partial charge is 0.454 e. The lowest BCUT2D eigenvalue weighted by Crippen LogP contribution is -2.15. The van der Waals surface area contributed by atoms with E-state index in [-0.39, 0.29) is 23.0 Å². The molecule has 0 aliphatic heterocycles. The first-order valence-corrected chi connectivity index (χ1v) is 7.36. The zero-order valence-electron chi connectivity index (χ0n) is 12.2. The quantitative estimate of drug-likeness (QED) is 0.602. The molecule has 3 nitrogen and oxygen atoms in total. The molecule has 0 heterocycles. The summed E-state index contributed by atoms with van der Waals surface area (Å²) in [4.78, 5) is 24.0. The molecule has 2 aromatic carbocycles. The van der Waals surface area contributed by atoms with Crippen LogP contribution < -0.4 is 0 Å². The van der Waals surface area contributed by atoms with Gasteiger partial charge in [0.25, 0.3) is 0 Å². The second-order valence-electron chi connectivity index (χ2n) is 4.95. The van der Waals surface area contributed by atoms with Gasteiger partial charge in [0.2, 0.25) is 5.78 Å². The van der Waals surface area contributed by atoms with Crippen molar-refractivity contribution in [1.29, 1.82) is 0 Å². The maximum atomic E-state index is 12.1. The number of benzene rings is 2. The fraction of sp³-hybridized carbons (Fsp3) is 0.176. The Morgan fingerprint density at radius 1 is 1.00 bits per heavy atom. The molecule has 0 aromatic heterocycles. The maximum Gasteiger partial charge on any atom is 0.338 e. The minimum atomic E-state index is -0.614. The Labute approximate surface area is 138 Å². The number of halogens is 2. The SMILES string of the molecule is Cc1ccc(C(=O)COC(=O)c2ccc(Cl)c(Cl)c2)c(C)c1. The first kappa shape index (κ1) is 16.5. The molecule has 0 saturated carbocycles. The van der Waals surface area contributed by atoms with Crippen molar-refractivity contribution in [3.63, 3.8) is 0 Å². The van der Waals surface area contributed by atoms with Gasteiger partial charge in [-0.05, 0) is 37.6 Å². The number of hydrogen-bond acceptors (Lipinski definition) is 3. The number of rotatable bonds is 4. The van der Waals surface area contributed by atoms with Crippen molar-refractivity contribution in [1.82, 2.24) is 0 Å². The number of esters is 1. The molecule has 0 amide bonds. The van der Waals surface area contributed by atoms with Gasteiger partial charge in [-0.15, -0.1) is 0 Å². The molecule has 2 aromatic rings. The van der Waals surface area contributed by atoms with Gasteiger partial charge in [0.15, 0.2) is 6.61 Å². The topological polar surface area (TPSA) is 43.4 Å². The molecule has 0 N–H and O–H groups in total. The summed E-state index contributed by atoms with van der Waals surface area (Å²) in [5, 5.41) is 0.612. The van der Waals surface area contributed by atoms with Crippen molar-refractivity contribution in [2.45, 2.75) is 13.8 Å². The minimum Gasteiger partial charge on any atom is -0.454 e. The van der Waals surface area contributed by atoms with Crippen LogP contribution >= 0.6 is 23.2 Å². The van der Waals surface area contributed by atoms with Gasteiger partial charge in [-0.2, -0.15) is 0 Å². The van der Waals surface area contributed by atoms with E-state index in [2.05, 4.69) is 0 Å². The molecule has 114 valence electrons. The van der Waals surface area contributed by atoms with Crippen LogP contribution in [0.25, 0.3) is 0 Å². The van der Waals surface area contributed by atoms with E-state index in [1.54, 1.807) is 6.07 Å². The van der Waals surface area contributed by atoms with Crippen molar-refractivity contribution < 1.29 is 14.3 Å². The number of ether oxygens (including phenoxy) is 1. The van der Waals surface area contributed by atoms with E-state index in [1.807, 2.05) is 26.0 Å². The van der Waals surface area contributed by atoms with Crippen LogP contribution in [0.1, 0.15) is 31.8 Å². The fourth-order valence-corrected chi connectivity index (χ4v) is 2.34. The Morgan fingerprint density at radius 3 is 2.36 bits per heavy atom. The molecule has 0 fully saturated rings. The molecule has 0 radical (unpaired) electrons. The zero-order valence-corrected chi connectivity index (χ0v) is 13.7. The number of aryl methyl sites for hydroxylation is 2. The third kappa shape index (κ3) is 3.87. The Morgan fingerprint density at radius 2 is 1.73 bits per heavy atom. The molecular formula is C17H14Cl2O3. The average molecular weight is 337 g/mol. The summed E-state index contributed by atoms with van der Waals surface area (Å²) in [6.07, 6.45) is 0. The van der Waals surface area contributed by atoms with Crippen molar-refractivity contribution in [3.05, 3.63) is 68.7 Å². The van der Waals surface area contributed by atoms with Crippen LogP contribution in [-0.4, -0.2) is 18.4 Å². The second-order valence-corrected chi connectivity index (χ2v) is 5.76. The summed E-state index contributed by atoms with van der Waals surface area (Å²) in [7, 11) is 0. The predicted molar refractivity (Wildman–Crippen MR) is 87.0 cm³/mol. The molecule has 2 rings (SSSR count). The molecule has 0 saturated heterocycles. The molecule has 0 unspecified atom stereocenters. The van der Waals surface area contributed by atoms with Gasteiger partial charge in [0, 0.05) is 5.56 Å². The Hall–Kier alpha value is -1.84. The summed E-state index contributed by atoms with van der Waals surface area (Å²) in [5.41, 5.74) is 2.73. The Balaban J connectivity index is 2.04. The van der Waals surface area contributed by atoms with Gasteiger partial charge in [-0.25, -0.2) is 4.79 Å². The van der Waals surface area contributed by atoms with E-state index < -0.39 is 5.97 Å². The molecule has 0 atom stereocenters. The van der Waals surface area contributed by atoms with Crippen molar-refractivity contribution in [2.24, 2.45) is 0 Å². The maximum absolute atomic E-state index is 12.1. The van der Waals surface area contributed by atoms with E-state index in [0.717, 1.165) is 11.1 Å². The normalized spacial score (nSPS) is 10.4. The molecule has 0 bridgehead atoms. The number of ketones is 1. The van der Waals surface area contributed by atoms with Crippen LogP contribution in [0.3, 0.4) is 0 Å². The predicted octanol–water partition coefficient (Wildman–Crippen LogP) is 4.65. The van der Waals surface area contributed by atoms with E-state index in [9.17, 15) is 9.59 Å². The Bertz CT molecular complexity index is 739. The molecule has 0 spiro atoms. The first-order chi connectivity index (χ1) is 10.4. The summed E-state index contributed by atoms with van der Waals surface area (Å²) in [5.74, 6) is -0.859. The lowest BCUT2D eigenvalue weighted by atomic mass is 10.0. The van der Waals surface area contributed by atoms with E-state index >= 15 is 0 Å².